The number of thioether (sulfide) groups is 1. The number of rotatable bonds is 6. The number of hydrogen-bond acceptors (Lipinski definition) is 2. The van der Waals surface area contributed by atoms with Gasteiger partial charge in [0.1, 0.15) is 5.82 Å². The Kier molecular flexibility index (Phi) is 6.09. The van der Waals surface area contributed by atoms with Crippen molar-refractivity contribution in [3.8, 4) is 0 Å². The molecular formula is C15H20FNOS. The normalized spacial score (nSPS) is 12.0. The van der Waals surface area contributed by atoms with Crippen molar-refractivity contribution >= 4 is 17.7 Å². The number of halogens is 1. The van der Waals surface area contributed by atoms with Gasteiger partial charge in [0.2, 0.25) is 5.91 Å². The number of hydrogen-bond donors (Lipinski definition) is 0. The number of carbonyl (C=O) groups excluding carboxylic acids is 1. The van der Waals surface area contributed by atoms with Crippen molar-refractivity contribution in [2.24, 2.45) is 0 Å². The van der Waals surface area contributed by atoms with E-state index in [2.05, 4.69) is 6.58 Å². The van der Waals surface area contributed by atoms with E-state index >= 15 is 0 Å². The highest BCUT2D eigenvalue weighted by atomic mass is 32.2. The van der Waals surface area contributed by atoms with Gasteiger partial charge >= 0.3 is 0 Å². The van der Waals surface area contributed by atoms with E-state index in [1.807, 2.05) is 13.8 Å². The van der Waals surface area contributed by atoms with E-state index in [9.17, 15) is 9.18 Å². The summed E-state index contributed by atoms with van der Waals surface area (Å²) in [6.07, 6.45) is 0. The fraction of sp³-hybridized carbons (Fsp3) is 0.400. The van der Waals surface area contributed by atoms with E-state index in [1.54, 1.807) is 30.0 Å². The molecule has 0 aliphatic heterocycles. The molecule has 0 radical (unpaired) electrons. The molecule has 0 saturated heterocycles. The highest BCUT2D eigenvalue weighted by molar-refractivity contribution is 8.00. The number of amides is 1. The fourth-order valence-corrected chi connectivity index (χ4v) is 2.68. The van der Waals surface area contributed by atoms with Crippen LogP contribution in [0.4, 0.5) is 4.39 Å². The van der Waals surface area contributed by atoms with Crippen molar-refractivity contribution in [3.05, 3.63) is 42.2 Å². The molecule has 104 valence electrons. The zero-order valence-electron chi connectivity index (χ0n) is 11.6. The second-order valence-electron chi connectivity index (χ2n) is 4.50. The Morgan fingerprint density at radius 3 is 2.63 bits per heavy atom. The number of carbonyl (C=O) groups is 1. The minimum Gasteiger partial charge on any atom is -0.338 e. The summed E-state index contributed by atoms with van der Waals surface area (Å²) in [6, 6.07) is 6.52. The molecule has 1 rings (SSSR count). The molecule has 0 saturated carbocycles. The van der Waals surface area contributed by atoms with Crippen LogP contribution in [0.25, 0.3) is 0 Å². The van der Waals surface area contributed by atoms with Crippen LogP contribution in [0.3, 0.4) is 0 Å². The average molecular weight is 281 g/mol. The lowest BCUT2D eigenvalue weighted by molar-refractivity contribution is -0.129. The summed E-state index contributed by atoms with van der Waals surface area (Å²) >= 11 is 1.25. The molecule has 1 amide bonds. The molecule has 0 N–H and O–H groups in total. The quantitative estimate of drug-likeness (QED) is 0.585. The van der Waals surface area contributed by atoms with E-state index in [0.29, 0.717) is 18.0 Å². The molecule has 0 heterocycles. The SMILES string of the molecule is C=C(C)CN(CC)C(=O)C(C)Sc1ccccc1F. The first-order valence-corrected chi connectivity index (χ1v) is 7.18. The molecular weight excluding hydrogens is 261 g/mol. The second-order valence-corrected chi connectivity index (χ2v) is 5.88. The summed E-state index contributed by atoms with van der Waals surface area (Å²) in [4.78, 5) is 14.5. The highest BCUT2D eigenvalue weighted by Crippen LogP contribution is 2.26. The van der Waals surface area contributed by atoms with E-state index in [4.69, 9.17) is 0 Å². The lowest BCUT2D eigenvalue weighted by atomic mass is 10.3. The molecule has 0 bridgehead atoms. The third-order valence-electron chi connectivity index (χ3n) is 2.64. The predicted octanol–water partition coefficient (Wildman–Crippen LogP) is 3.73. The largest absolute Gasteiger partial charge is 0.338 e. The van der Waals surface area contributed by atoms with Gasteiger partial charge in [-0.05, 0) is 32.9 Å². The summed E-state index contributed by atoms with van der Waals surface area (Å²) in [5.74, 6) is -0.270. The van der Waals surface area contributed by atoms with Gasteiger partial charge in [0.25, 0.3) is 0 Å². The van der Waals surface area contributed by atoms with E-state index in [0.717, 1.165) is 5.57 Å². The monoisotopic (exact) mass is 281 g/mol. The van der Waals surface area contributed by atoms with Gasteiger partial charge in [-0.15, -0.1) is 11.8 Å². The van der Waals surface area contributed by atoms with E-state index in [-0.39, 0.29) is 17.0 Å². The second kappa shape index (κ2) is 7.34. The van der Waals surface area contributed by atoms with Crippen LogP contribution in [0.5, 0.6) is 0 Å². The Morgan fingerprint density at radius 2 is 2.11 bits per heavy atom. The molecule has 4 heteroatoms. The number of nitrogens with zero attached hydrogens (tertiary/aromatic N) is 1. The Balaban J connectivity index is 2.71. The smallest absolute Gasteiger partial charge is 0.236 e. The molecule has 1 aromatic carbocycles. The molecule has 0 aromatic heterocycles. The Morgan fingerprint density at radius 1 is 1.47 bits per heavy atom. The summed E-state index contributed by atoms with van der Waals surface area (Å²) in [7, 11) is 0. The first-order valence-electron chi connectivity index (χ1n) is 6.30. The number of likely N-dealkylation sites (N-methyl/N-ethyl adjacent to an activating group) is 1. The first kappa shape index (κ1) is 15.8. The van der Waals surface area contributed by atoms with Crippen molar-refractivity contribution in [1.29, 1.82) is 0 Å². The van der Waals surface area contributed by atoms with Crippen molar-refractivity contribution in [1.82, 2.24) is 4.90 Å². The summed E-state index contributed by atoms with van der Waals surface area (Å²) in [5.41, 5.74) is 0.943. The van der Waals surface area contributed by atoms with Gasteiger partial charge in [-0.3, -0.25) is 4.79 Å². The maximum Gasteiger partial charge on any atom is 0.236 e. The topological polar surface area (TPSA) is 20.3 Å². The van der Waals surface area contributed by atoms with E-state index < -0.39 is 0 Å². The molecule has 2 nitrogen and oxygen atoms in total. The maximum absolute atomic E-state index is 13.5. The van der Waals surface area contributed by atoms with Crippen molar-refractivity contribution in [2.75, 3.05) is 13.1 Å². The summed E-state index contributed by atoms with van der Waals surface area (Å²) < 4.78 is 13.5. The Bertz CT molecular complexity index is 461. The highest BCUT2D eigenvalue weighted by Gasteiger charge is 2.21. The minimum atomic E-state index is -0.309. The standard InChI is InChI=1S/C15H20FNOS/c1-5-17(10-11(2)3)15(18)12(4)19-14-9-7-6-8-13(14)16/h6-9,12H,2,5,10H2,1,3-4H3. The zero-order valence-corrected chi connectivity index (χ0v) is 12.5. The fourth-order valence-electron chi connectivity index (χ4n) is 1.71. The molecule has 0 aliphatic rings. The summed E-state index contributed by atoms with van der Waals surface area (Å²) in [6.45, 7) is 10.6. The molecule has 0 fully saturated rings. The molecule has 0 spiro atoms. The van der Waals surface area contributed by atoms with E-state index in [1.165, 1.54) is 17.8 Å². The molecule has 0 aliphatic carbocycles. The van der Waals surface area contributed by atoms with Gasteiger partial charge in [-0.25, -0.2) is 4.39 Å². The van der Waals surface area contributed by atoms with Crippen molar-refractivity contribution < 1.29 is 9.18 Å². The van der Waals surface area contributed by atoms with Crippen molar-refractivity contribution in [3.63, 3.8) is 0 Å². The third-order valence-corrected chi connectivity index (χ3v) is 3.78. The van der Waals surface area contributed by atoms with Crippen LogP contribution >= 0.6 is 11.8 Å². The summed E-state index contributed by atoms with van der Waals surface area (Å²) in [5, 5.41) is -0.309. The van der Waals surface area contributed by atoms with Crippen LogP contribution in [0.1, 0.15) is 20.8 Å². The van der Waals surface area contributed by atoms with Gasteiger partial charge in [-0.1, -0.05) is 24.3 Å². The van der Waals surface area contributed by atoms with Gasteiger partial charge < -0.3 is 4.90 Å². The molecule has 1 unspecified atom stereocenters. The maximum atomic E-state index is 13.5. The van der Waals surface area contributed by atoms with Crippen LogP contribution in [0.15, 0.2) is 41.3 Å². The minimum absolute atomic E-state index is 0.0127. The lowest BCUT2D eigenvalue weighted by Crippen LogP contribution is -2.37. The van der Waals surface area contributed by atoms with Gasteiger partial charge in [0.05, 0.1) is 5.25 Å². The Labute approximate surface area is 118 Å². The van der Waals surface area contributed by atoms with Crippen LogP contribution in [-0.4, -0.2) is 29.1 Å². The van der Waals surface area contributed by atoms with Crippen LogP contribution in [-0.2, 0) is 4.79 Å². The van der Waals surface area contributed by atoms with Crippen molar-refractivity contribution in [2.45, 2.75) is 30.9 Å². The molecule has 1 atom stereocenters. The zero-order chi connectivity index (χ0) is 14.4. The first-order chi connectivity index (χ1) is 8.95. The van der Waals surface area contributed by atoms with Gasteiger partial charge in [0, 0.05) is 18.0 Å². The average Bonchev–Trinajstić information content (AvgIpc) is 2.37. The number of benzene rings is 1. The predicted molar refractivity (Wildman–Crippen MR) is 78.8 cm³/mol. The molecule has 19 heavy (non-hydrogen) atoms. The lowest BCUT2D eigenvalue weighted by Gasteiger charge is -2.24. The third kappa shape index (κ3) is 4.71. The Hall–Kier alpha value is -1.29. The van der Waals surface area contributed by atoms with Gasteiger partial charge in [-0.2, -0.15) is 0 Å². The van der Waals surface area contributed by atoms with Crippen LogP contribution in [0, 0.1) is 5.82 Å². The van der Waals surface area contributed by atoms with Crippen LogP contribution < -0.4 is 0 Å². The molecule has 1 aromatic rings. The van der Waals surface area contributed by atoms with Crippen LogP contribution in [0.2, 0.25) is 0 Å². The van der Waals surface area contributed by atoms with Gasteiger partial charge in [0.15, 0.2) is 0 Å².